The number of nitrogens with two attached hydrogens (primary N) is 1. The Labute approximate surface area is 108 Å². The van der Waals surface area contributed by atoms with E-state index >= 15 is 0 Å². The van der Waals surface area contributed by atoms with Crippen molar-refractivity contribution in [2.45, 2.75) is 39.2 Å². The van der Waals surface area contributed by atoms with Crippen LogP contribution in [0.1, 0.15) is 37.9 Å². The average molecular weight is 252 g/mol. The quantitative estimate of drug-likeness (QED) is 0.804. The van der Waals surface area contributed by atoms with Crippen LogP contribution in [0.5, 0.6) is 0 Å². The van der Waals surface area contributed by atoms with Crippen molar-refractivity contribution in [2.75, 3.05) is 5.32 Å². The van der Waals surface area contributed by atoms with Crippen LogP contribution in [0.3, 0.4) is 0 Å². The summed E-state index contributed by atoms with van der Waals surface area (Å²) >= 11 is 5.11. The zero-order chi connectivity index (χ0) is 12.8. The van der Waals surface area contributed by atoms with Crippen molar-refractivity contribution in [2.24, 2.45) is 18.7 Å². The summed E-state index contributed by atoms with van der Waals surface area (Å²) < 4.78 is 1.83. The van der Waals surface area contributed by atoms with Gasteiger partial charge in [0, 0.05) is 12.6 Å². The third-order valence-electron chi connectivity index (χ3n) is 3.51. The van der Waals surface area contributed by atoms with Crippen LogP contribution in [0.2, 0.25) is 0 Å². The molecule has 0 radical (unpaired) electrons. The normalized spacial score (nSPS) is 16.0. The molecule has 1 fully saturated rings. The molecule has 0 unspecified atom stereocenters. The van der Waals surface area contributed by atoms with Crippen LogP contribution >= 0.6 is 12.2 Å². The van der Waals surface area contributed by atoms with Gasteiger partial charge in [-0.25, -0.2) is 0 Å². The molecule has 94 valence electrons. The summed E-state index contributed by atoms with van der Waals surface area (Å²) in [5.74, 6) is 1.67. The Morgan fingerprint density at radius 1 is 1.53 bits per heavy atom. The number of rotatable bonds is 4. The highest BCUT2D eigenvalue weighted by molar-refractivity contribution is 7.80. The molecule has 1 heterocycles. The Kier molecular flexibility index (Phi) is 2.89. The summed E-state index contributed by atoms with van der Waals surface area (Å²) in [4.78, 5) is 0.407. The Morgan fingerprint density at radius 2 is 2.12 bits per heavy atom. The second kappa shape index (κ2) is 3.98. The monoisotopic (exact) mass is 252 g/mol. The molecule has 0 bridgehead atoms. The highest BCUT2D eigenvalue weighted by Crippen LogP contribution is 2.41. The summed E-state index contributed by atoms with van der Waals surface area (Å²) in [6, 6.07) is 0. The summed E-state index contributed by atoms with van der Waals surface area (Å²) in [5, 5.41) is 7.94. The molecular weight excluding hydrogens is 232 g/mol. The van der Waals surface area contributed by atoms with Crippen LogP contribution in [0, 0.1) is 12.8 Å². The fourth-order valence-electron chi connectivity index (χ4n) is 2.31. The van der Waals surface area contributed by atoms with E-state index < -0.39 is 0 Å². The van der Waals surface area contributed by atoms with E-state index in [2.05, 4.69) is 24.3 Å². The van der Waals surface area contributed by atoms with Crippen molar-refractivity contribution in [1.29, 1.82) is 0 Å². The van der Waals surface area contributed by atoms with Crippen molar-refractivity contribution in [3.63, 3.8) is 0 Å². The maximum Gasteiger partial charge on any atom is 0.134 e. The molecule has 0 saturated heterocycles. The number of hydrogen-bond acceptors (Lipinski definition) is 3. The number of aryl methyl sites for hydroxylation is 2. The van der Waals surface area contributed by atoms with Gasteiger partial charge >= 0.3 is 0 Å². The lowest BCUT2D eigenvalue weighted by molar-refractivity contribution is 0.488. The molecular formula is C12H20N4S. The highest BCUT2D eigenvalue weighted by Gasteiger charge is 2.38. The molecule has 2 rings (SSSR count). The molecule has 0 amide bonds. The topological polar surface area (TPSA) is 55.9 Å². The molecule has 1 aliphatic carbocycles. The first-order valence-corrected chi connectivity index (χ1v) is 6.35. The first kappa shape index (κ1) is 12.4. The zero-order valence-corrected chi connectivity index (χ0v) is 11.7. The minimum atomic E-state index is 0.0692. The second-order valence-corrected chi connectivity index (χ2v) is 5.86. The summed E-state index contributed by atoms with van der Waals surface area (Å²) in [7, 11) is 1.92. The lowest BCUT2D eigenvalue weighted by atomic mass is 9.98. The van der Waals surface area contributed by atoms with Gasteiger partial charge in [0.1, 0.15) is 10.8 Å². The molecule has 5 heteroatoms. The Bertz CT molecular complexity index is 457. The molecule has 0 aliphatic heterocycles. The van der Waals surface area contributed by atoms with Crippen molar-refractivity contribution in [3.8, 4) is 0 Å². The van der Waals surface area contributed by atoms with Crippen molar-refractivity contribution >= 4 is 23.0 Å². The van der Waals surface area contributed by atoms with E-state index in [0.717, 1.165) is 23.0 Å². The Morgan fingerprint density at radius 3 is 2.59 bits per heavy atom. The van der Waals surface area contributed by atoms with E-state index in [1.54, 1.807) is 0 Å². The molecule has 3 N–H and O–H groups in total. The average Bonchev–Trinajstić information content (AvgIpc) is 2.95. The van der Waals surface area contributed by atoms with Gasteiger partial charge in [0.25, 0.3) is 0 Å². The van der Waals surface area contributed by atoms with Crippen LogP contribution in [-0.2, 0) is 7.05 Å². The number of nitrogens with zero attached hydrogens (tertiary/aromatic N) is 2. The Hall–Kier alpha value is -1.10. The maximum atomic E-state index is 5.78. The summed E-state index contributed by atoms with van der Waals surface area (Å²) in [5.41, 5.74) is 7.60. The van der Waals surface area contributed by atoms with Gasteiger partial charge in [0.15, 0.2) is 0 Å². The van der Waals surface area contributed by atoms with Gasteiger partial charge in [-0.15, -0.1) is 0 Å². The van der Waals surface area contributed by atoms with Gasteiger partial charge < -0.3 is 11.1 Å². The first-order chi connectivity index (χ1) is 7.83. The number of hydrogen-bond donors (Lipinski definition) is 2. The third kappa shape index (κ3) is 2.29. The molecule has 0 atom stereocenters. The van der Waals surface area contributed by atoms with E-state index in [4.69, 9.17) is 18.0 Å². The summed E-state index contributed by atoms with van der Waals surface area (Å²) in [6.45, 7) is 6.37. The van der Waals surface area contributed by atoms with E-state index in [1.165, 1.54) is 12.8 Å². The van der Waals surface area contributed by atoms with Gasteiger partial charge in [0.2, 0.25) is 0 Å². The van der Waals surface area contributed by atoms with Crippen molar-refractivity contribution in [3.05, 3.63) is 11.3 Å². The van der Waals surface area contributed by atoms with E-state index in [0.29, 0.717) is 4.99 Å². The maximum absolute atomic E-state index is 5.78. The van der Waals surface area contributed by atoms with E-state index in [1.807, 2.05) is 18.7 Å². The van der Waals surface area contributed by atoms with Crippen LogP contribution < -0.4 is 11.1 Å². The SMILES string of the molecule is Cc1nn(C)c(NC(C)(C)C2CC2)c1C(N)=S. The van der Waals surface area contributed by atoms with Crippen LogP contribution in [0.15, 0.2) is 0 Å². The largest absolute Gasteiger partial charge is 0.389 e. The predicted molar refractivity (Wildman–Crippen MR) is 74.3 cm³/mol. The minimum Gasteiger partial charge on any atom is -0.389 e. The van der Waals surface area contributed by atoms with E-state index in [-0.39, 0.29) is 5.54 Å². The van der Waals surface area contributed by atoms with Gasteiger partial charge in [-0.3, -0.25) is 4.68 Å². The van der Waals surface area contributed by atoms with Gasteiger partial charge in [0.05, 0.1) is 11.3 Å². The smallest absolute Gasteiger partial charge is 0.134 e. The third-order valence-corrected chi connectivity index (χ3v) is 3.71. The minimum absolute atomic E-state index is 0.0692. The van der Waals surface area contributed by atoms with Crippen molar-refractivity contribution < 1.29 is 0 Å². The predicted octanol–water partition coefficient (Wildman–Crippen LogP) is 1.96. The molecule has 1 aliphatic rings. The summed E-state index contributed by atoms with van der Waals surface area (Å²) in [6.07, 6.45) is 2.58. The molecule has 4 nitrogen and oxygen atoms in total. The molecule has 1 aromatic heterocycles. The van der Waals surface area contributed by atoms with Crippen molar-refractivity contribution in [1.82, 2.24) is 9.78 Å². The molecule has 0 aromatic carbocycles. The standard InChI is InChI=1S/C12H20N4S/c1-7-9(10(13)17)11(16(4)15-7)14-12(2,3)8-5-6-8/h8,14H,5-6H2,1-4H3,(H2,13,17). The molecule has 1 aromatic rings. The number of aromatic nitrogens is 2. The zero-order valence-electron chi connectivity index (χ0n) is 10.9. The van der Waals surface area contributed by atoms with Crippen LogP contribution in [0.25, 0.3) is 0 Å². The van der Waals surface area contributed by atoms with Gasteiger partial charge in [-0.1, -0.05) is 12.2 Å². The Balaban J connectivity index is 2.34. The number of anilines is 1. The van der Waals surface area contributed by atoms with Gasteiger partial charge in [-0.2, -0.15) is 5.10 Å². The first-order valence-electron chi connectivity index (χ1n) is 5.94. The fourth-order valence-corrected chi connectivity index (χ4v) is 2.55. The molecule has 0 spiro atoms. The number of thiocarbonyl (C=S) groups is 1. The van der Waals surface area contributed by atoms with E-state index in [9.17, 15) is 0 Å². The highest BCUT2D eigenvalue weighted by atomic mass is 32.1. The lowest BCUT2D eigenvalue weighted by Gasteiger charge is -2.28. The second-order valence-electron chi connectivity index (χ2n) is 5.42. The number of nitrogens with one attached hydrogen (secondary N) is 1. The lowest BCUT2D eigenvalue weighted by Crippen LogP contribution is -2.35. The fraction of sp³-hybridized carbons (Fsp3) is 0.667. The van der Waals surface area contributed by atoms with Crippen LogP contribution in [0.4, 0.5) is 5.82 Å². The van der Waals surface area contributed by atoms with Crippen LogP contribution in [-0.4, -0.2) is 20.3 Å². The van der Waals surface area contributed by atoms with Gasteiger partial charge in [-0.05, 0) is 39.5 Å². The molecule has 1 saturated carbocycles. The molecule has 17 heavy (non-hydrogen) atoms.